The number of pyridine rings is 1. The SMILES string of the molecule is COc1cc(N)c(NC(=O)c2c[nH]ccc2=O)cc1OC. The number of carbonyl (C=O) groups is 1. The summed E-state index contributed by atoms with van der Waals surface area (Å²) >= 11 is 0. The van der Waals surface area contributed by atoms with Crippen molar-refractivity contribution in [3.63, 3.8) is 0 Å². The number of benzene rings is 1. The highest BCUT2D eigenvalue weighted by Crippen LogP contribution is 2.34. The third-order valence-electron chi connectivity index (χ3n) is 2.87. The number of nitrogens with one attached hydrogen (secondary N) is 2. The Morgan fingerprint density at radius 2 is 1.90 bits per heavy atom. The summed E-state index contributed by atoms with van der Waals surface area (Å²) in [5.74, 6) is 0.310. The Morgan fingerprint density at radius 3 is 2.52 bits per heavy atom. The molecule has 0 atom stereocenters. The lowest BCUT2D eigenvalue weighted by molar-refractivity contribution is 0.102. The molecule has 0 aliphatic heterocycles. The summed E-state index contributed by atoms with van der Waals surface area (Å²) in [7, 11) is 2.96. The van der Waals surface area contributed by atoms with Gasteiger partial charge in [0.2, 0.25) is 0 Å². The Balaban J connectivity index is 2.34. The molecule has 1 aromatic heterocycles. The van der Waals surface area contributed by atoms with Crippen molar-refractivity contribution < 1.29 is 14.3 Å². The molecule has 7 nitrogen and oxygen atoms in total. The molecule has 4 N–H and O–H groups in total. The van der Waals surface area contributed by atoms with Crippen LogP contribution in [0.1, 0.15) is 10.4 Å². The van der Waals surface area contributed by atoms with Gasteiger partial charge in [-0.1, -0.05) is 0 Å². The first-order valence-electron chi connectivity index (χ1n) is 6.06. The predicted octanol–water partition coefficient (Wildman–Crippen LogP) is 1.23. The van der Waals surface area contributed by atoms with E-state index in [1.165, 1.54) is 44.8 Å². The van der Waals surface area contributed by atoms with Gasteiger partial charge in [-0.15, -0.1) is 0 Å². The zero-order valence-corrected chi connectivity index (χ0v) is 11.6. The number of carbonyl (C=O) groups excluding carboxylic acids is 1. The molecule has 0 radical (unpaired) electrons. The monoisotopic (exact) mass is 289 g/mol. The minimum atomic E-state index is -0.559. The quantitative estimate of drug-likeness (QED) is 0.734. The molecule has 0 aliphatic carbocycles. The highest BCUT2D eigenvalue weighted by Gasteiger charge is 2.14. The lowest BCUT2D eigenvalue weighted by Crippen LogP contribution is -2.21. The zero-order valence-electron chi connectivity index (χ0n) is 11.6. The normalized spacial score (nSPS) is 10.0. The van der Waals surface area contributed by atoms with E-state index < -0.39 is 5.91 Å². The average Bonchev–Trinajstić information content (AvgIpc) is 2.49. The Kier molecular flexibility index (Phi) is 4.13. The minimum Gasteiger partial charge on any atom is -0.493 e. The topological polar surface area (TPSA) is 106 Å². The van der Waals surface area contributed by atoms with Gasteiger partial charge in [0.1, 0.15) is 5.56 Å². The summed E-state index contributed by atoms with van der Waals surface area (Å²) in [6.45, 7) is 0. The van der Waals surface area contributed by atoms with E-state index in [0.29, 0.717) is 22.9 Å². The predicted molar refractivity (Wildman–Crippen MR) is 79.0 cm³/mol. The van der Waals surface area contributed by atoms with E-state index >= 15 is 0 Å². The number of amides is 1. The van der Waals surface area contributed by atoms with Gasteiger partial charge in [0.05, 0.1) is 25.6 Å². The molecule has 1 amide bonds. The summed E-state index contributed by atoms with van der Waals surface area (Å²) in [6, 6.07) is 4.33. The molecule has 1 aromatic carbocycles. The van der Waals surface area contributed by atoms with Gasteiger partial charge in [0.15, 0.2) is 16.9 Å². The standard InChI is InChI=1S/C14H15N3O4/c1-20-12-5-9(15)10(6-13(12)21-2)17-14(19)8-7-16-4-3-11(8)18/h3-7H,15H2,1-2H3,(H,16,18)(H,17,19). The van der Waals surface area contributed by atoms with Crippen molar-refractivity contribution in [3.8, 4) is 11.5 Å². The number of aromatic nitrogens is 1. The second kappa shape index (κ2) is 6.00. The molecule has 7 heteroatoms. The van der Waals surface area contributed by atoms with Crippen LogP contribution in [0.25, 0.3) is 0 Å². The highest BCUT2D eigenvalue weighted by atomic mass is 16.5. The molecular weight excluding hydrogens is 274 g/mol. The molecule has 0 saturated carbocycles. The van der Waals surface area contributed by atoms with Crippen LogP contribution in [-0.2, 0) is 0 Å². The molecule has 0 spiro atoms. The van der Waals surface area contributed by atoms with E-state index in [-0.39, 0.29) is 11.0 Å². The number of hydrogen-bond donors (Lipinski definition) is 3. The first kappa shape index (κ1) is 14.4. The van der Waals surface area contributed by atoms with Gasteiger partial charge >= 0.3 is 0 Å². The molecule has 2 aromatic rings. The summed E-state index contributed by atoms with van der Waals surface area (Å²) in [6.07, 6.45) is 2.78. The van der Waals surface area contributed by atoms with E-state index in [9.17, 15) is 9.59 Å². The zero-order chi connectivity index (χ0) is 15.4. The van der Waals surface area contributed by atoms with Gasteiger partial charge in [-0.2, -0.15) is 0 Å². The Bertz CT molecular complexity index is 724. The number of nitrogen functional groups attached to an aromatic ring is 1. The molecule has 0 bridgehead atoms. The fourth-order valence-corrected chi connectivity index (χ4v) is 1.79. The molecule has 21 heavy (non-hydrogen) atoms. The number of H-pyrrole nitrogens is 1. The maximum atomic E-state index is 12.1. The van der Waals surface area contributed by atoms with Crippen molar-refractivity contribution in [2.24, 2.45) is 0 Å². The molecule has 1 heterocycles. The molecule has 0 saturated heterocycles. The van der Waals surface area contributed by atoms with E-state index in [1.807, 2.05) is 0 Å². The number of ether oxygens (including phenoxy) is 2. The maximum Gasteiger partial charge on any atom is 0.261 e. The van der Waals surface area contributed by atoms with Crippen LogP contribution in [0, 0.1) is 0 Å². The van der Waals surface area contributed by atoms with E-state index in [0.717, 1.165) is 0 Å². The molecule has 2 rings (SSSR count). The molecule has 0 fully saturated rings. The van der Waals surface area contributed by atoms with Gasteiger partial charge in [0.25, 0.3) is 5.91 Å². The smallest absolute Gasteiger partial charge is 0.261 e. The number of aromatic amines is 1. The first-order valence-corrected chi connectivity index (χ1v) is 6.06. The van der Waals surface area contributed by atoms with Gasteiger partial charge in [-0.05, 0) is 0 Å². The molecule has 0 unspecified atom stereocenters. The van der Waals surface area contributed by atoms with Gasteiger partial charge in [0, 0.05) is 30.6 Å². The van der Waals surface area contributed by atoms with Crippen LogP contribution in [0.3, 0.4) is 0 Å². The molecule has 0 aliphatic rings. The summed E-state index contributed by atoms with van der Waals surface area (Å²) in [5.41, 5.74) is 6.09. The minimum absolute atomic E-state index is 0.00770. The van der Waals surface area contributed by atoms with Crippen molar-refractivity contribution >= 4 is 17.3 Å². The summed E-state index contributed by atoms with van der Waals surface area (Å²) < 4.78 is 10.3. The summed E-state index contributed by atoms with van der Waals surface area (Å²) in [4.78, 5) is 26.4. The van der Waals surface area contributed by atoms with Gasteiger partial charge < -0.3 is 25.5 Å². The number of hydrogen-bond acceptors (Lipinski definition) is 5. The van der Waals surface area contributed by atoms with Crippen LogP contribution >= 0.6 is 0 Å². The van der Waals surface area contributed by atoms with Crippen LogP contribution in [0.2, 0.25) is 0 Å². The number of rotatable bonds is 4. The third kappa shape index (κ3) is 2.97. The van der Waals surface area contributed by atoms with E-state index in [4.69, 9.17) is 15.2 Å². The Hall–Kier alpha value is -2.96. The van der Waals surface area contributed by atoms with E-state index in [1.54, 1.807) is 0 Å². The fourth-order valence-electron chi connectivity index (χ4n) is 1.79. The van der Waals surface area contributed by atoms with Crippen molar-refractivity contribution in [3.05, 3.63) is 46.4 Å². The molecule has 110 valence electrons. The van der Waals surface area contributed by atoms with Crippen LogP contribution in [0.15, 0.2) is 35.4 Å². The van der Waals surface area contributed by atoms with Crippen LogP contribution in [0.5, 0.6) is 11.5 Å². The maximum absolute atomic E-state index is 12.1. The largest absolute Gasteiger partial charge is 0.493 e. The average molecular weight is 289 g/mol. The Labute approximate surface area is 120 Å². The number of nitrogens with two attached hydrogens (primary N) is 1. The van der Waals surface area contributed by atoms with Gasteiger partial charge in [-0.25, -0.2) is 0 Å². The van der Waals surface area contributed by atoms with Gasteiger partial charge in [-0.3, -0.25) is 9.59 Å². The first-order chi connectivity index (χ1) is 10.1. The number of methoxy groups -OCH3 is 2. The highest BCUT2D eigenvalue weighted by molar-refractivity contribution is 6.05. The molecular formula is C14H15N3O4. The second-order valence-corrected chi connectivity index (χ2v) is 4.17. The summed E-state index contributed by atoms with van der Waals surface area (Å²) in [5, 5.41) is 2.57. The Morgan fingerprint density at radius 1 is 1.24 bits per heavy atom. The van der Waals surface area contributed by atoms with Crippen molar-refractivity contribution in [2.75, 3.05) is 25.3 Å². The van der Waals surface area contributed by atoms with Crippen LogP contribution < -0.4 is 26.0 Å². The lowest BCUT2D eigenvalue weighted by atomic mass is 10.2. The van der Waals surface area contributed by atoms with Crippen molar-refractivity contribution in [2.45, 2.75) is 0 Å². The fraction of sp³-hybridized carbons (Fsp3) is 0.143. The lowest BCUT2D eigenvalue weighted by Gasteiger charge is -2.13. The van der Waals surface area contributed by atoms with Crippen LogP contribution in [-0.4, -0.2) is 25.1 Å². The van der Waals surface area contributed by atoms with Crippen molar-refractivity contribution in [1.29, 1.82) is 0 Å². The third-order valence-corrected chi connectivity index (χ3v) is 2.87. The number of anilines is 2. The van der Waals surface area contributed by atoms with Crippen LogP contribution in [0.4, 0.5) is 11.4 Å². The second-order valence-electron chi connectivity index (χ2n) is 4.17. The van der Waals surface area contributed by atoms with Crippen molar-refractivity contribution in [1.82, 2.24) is 4.98 Å². The van der Waals surface area contributed by atoms with E-state index in [2.05, 4.69) is 10.3 Å².